The number of carbonyl (C=O) groups is 1. The largest absolute Gasteiger partial charge is 0.394 e. The molecule has 0 amide bonds. The molecular formula is C33H54O11. The Kier molecular flexibility index (Phi) is 9.06. The van der Waals surface area contributed by atoms with Gasteiger partial charge in [-0.1, -0.05) is 13.8 Å². The Balaban J connectivity index is 1.35. The number of ether oxygens (including phenoxy) is 2. The van der Waals surface area contributed by atoms with Crippen LogP contribution in [0.25, 0.3) is 0 Å². The highest BCUT2D eigenvalue weighted by Gasteiger charge is 2.69. The van der Waals surface area contributed by atoms with Gasteiger partial charge in [0, 0.05) is 11.3 Å². The number of hydrogen-bond acceptors (Lipinski definition) is 11. The van der Waals surface area contributed by atoms with E-state index in [1.54, 1.807) is 26.8 Å². The summed E-state index contributed by atoms with van der Waals surface area (Å²) in [6, 6.07) is 0. The summed E-state index contributed by atoms with van der Waals surface area (Å²) in [4.78, 5) is 13.8. The van der Waals surface area contributed by atoms with Crippen molar-refractivity contribution in [2.75, 3.05) is 6.61 Å². The summed E-state index contributed by atoms with van der Waals surface area (Å²) >= 11 is 0. The van der Waals surface area contributed by atoms with Gasteiger partial charge in [0.15, 0.2) is 12.1 Å². The van der Waals surface area contributed by atoms with Gasteiger partial charge in [-0.05, 0) is 107 Å². The molecule has 3 unspecified atom stereocenters. The van der Waals surface area contributed by atoms with Crippen molar-refractivity contribution in [2.45, 2.75) is 152 Å². The van der Waals surface area contributed by atoms with Crippen molar-refractivity contribution in [2.24, 2.45) is 28.6 Å². The molecule has 0 aromatic carbocycles. The Morgan fingerprint density at radius 3 is 2.32 bits per heavy atom. The van der Waals surface area contributed by atoms with Gasteiger partial charge in [0.05, 0.1) is 35.6 Å². The molecule has 8 N–H and O–H groups in total. The maximum Gasteiger partial charge on any atom is 0.186 e. The van der Waals surface area contributed by atoms with Gasteiger partial charge >= 0.3 is 0 Å². The fraction of sp³-hybridized carbons (Fsp3) is 0.909. The molecule has 0 aromatic rings. The Hall–Kier alpha value is -0.990. The third-order valence-electron chi connectivity index (χ3n) is 12.6. The smallest absolute Gasteiger partial charge is 0.186 e. The monoisotopic (exact) mass is 626 g/mol. The minimum absolute atomic E-state index is 0.0553. The molecule has 4 aliphatic carbocycles. The summed E-state index contributed by atoms with van der Waals surface area (Å²) in [5.74, 6) is -0.960. The zero-order valence-electron chi connectivity index (χ0n) is 26.7. The molecule has 0 radical (unpaired) electrons. The molecule has 14 atom stereocenters. The molecule has 252 valence electrons. The highest BCUT2D eigenvalue weighted by Crippen LogP contribution is 2.68. The number of allylic oxidation sites excluding steroid dienone is 1. The van der Waals surface area contributed by atoms with Crippen LogP contribution >= 0.6 is 0 Å². The topological polar surface area (TPSA) is 197 Å². The molecule has 1 heterocycles. The molecule has 0 bridgehead atoms. The number of carbonyl (C=O) groups excluding carboxylic acids is 1. The second-order valence-corrected chi connectivity index (χ2v) is 15.8. The van der Waals surface area contributed by atoms with E-state index in [2.05, 4.69) is 6.92 Å². The molecule has 11 nitrogen and oxygen atoms in total. The lowest BCUT2D eigenvalue weighted by Gasteiger charge is -2.60. The molecule has 11 heteroatoms. The fourth-order valence-corrected chi connectivity index (χ4v) is 9.75. The van der Waals surface area contributed by atoms with Crippen LogP contribution in [0.3, 0.4) is 0 Å². The SMILES string of the molecule is CC(C)(O)CC[C@@H](O)[C@](C)(O)[C@H]1CC[C@@]2(O)C3=CC(=O)C4C[C@@H](OC5O[C@H](CO)[C@@H](O)[C@H](O)[C@H]5O)CC[C@]4(C)C3CC[C@]12C. The lowest BCUT2D eigenvalue weighted by molar-refractivity contribution is -0.315. The van der Waals surface area contributed by atoms with E-state index in [0.29, 0.717) is 44.9 Å². The van der Waals surface area contributed by atoms with Crippen LogP contribution in [0.1, 0.15) is 92.4 Å². The molecule has 3 saturated carbocycles. The Bertz CT molecular complexity index is 1120. The van der Waals surface area contributed by atoms with Crippen molar-refractivity contribution < 1.29 is 55.1 Å². The maximum absolute atomic E-state index is 13.8. The van der Waals surface area contributed by atoms with Crippen LogP contribution in [0, 0.1) is 28.6 Å². The predicted octanol–water partition coefficient (Wildman–Crippen LogP) is 0.707. The van der Waals surface area contributed by atoms with Gasteiger partial charge in [-0.25, -0.2) is 0 Å². The Labute approximate surface area is 259 Å². The predicted molar refractivity (Wildman–Crippen MR) is 158 cm³/mol. The number of fused-ring (bicyclic) bond motifs is 5. The van der Waals surface area contributed by atoms with E-state index in [1.807, 2.05) is 6.92 Å². The average Bonchev–Trinajstić information content (AvgIpc) is 3.24. The Morgan fingerprint density at radius 2 is 1.68 bits per heavy atom. The third-order valence-corrected chi connectivity index (χ3v) is 12.6. The van der Waals surface area contributed by atoms with Crippen LogP contribution in [0.15, 0.2) is 11.6 Å². The molecule has 5 aliphatic rings. The number of aliphatic hydroxyl groups excluding tert-OH is 5. The molecule has 0 spiro atoms. The first-order chi connectivity index (χ1) is 20.3. The summed E-state index contributed by atoms with van der Waals surface area (Å²) in [5.41, 5.74) is -4.26. The summed E-state index contributed by atoms with van der Waals surface area (Å²) in [7, 11) is 0. The van der Waals surface area contributed by atoms with Gasteiger partial charge in [-0.2, -0.15) is 0 Å². The lowest BCUT2D eigenvalue weighted by Crippen LogP contribution is -2.62. The number of hydrogen-bond donors (Lipinski definition) is 8. The van der Waals surface area contributed by atoms with E-state index in [9.17, 15) is 45.6 Å². The van der Waals surface area contributed by atoms with Crippen LogP contribution in [-0.2, 0) is 14.3 Å². The molecule has 0 aromatic heterocycles. The minimum atomic E-state index is -1.54. The van der Waals surface area contributed by atoms with Gasteiger partial charge in [-0.3, -0.25) is 4.79 Å². The average molecular weight is 627 g/mol. The summed E-state index contributed by atoms with van der Waals surface area (Å²) in [6.45, 7) is 8.49. The highest BCUT2D eigenvalue weighted by molar-refractivity contribution is 5.95. The summed E-state index contributed by atoms with van der Waals surface area (Å²) in [5, 5.41) is 85.7. The maximum atomic E-state index is 13.8. The second kappa shape index (κ2) is 11.6. The van der Waals surface area contributed by atoms with Crippen LogP contribution in [0.4, 0.5) is 0 Å². The van der Waals surface area contributed by atoms with E-state index in [4.69, 9.17) is 9.47 Å². The Morgan fingerprint density at radius 1 is 1.00 bits per heavy atom. The van der Waals surface area contributed by atoms with Gasteiger partial charge in [0.2, 0.25) is 0 Å². The third kappa shape index (κ3) is 5.42. The molecule has 5 rings (SSSR count). The number of rotatable bonds is 8. The van der Waals surface area contributed by atoms with Crippen LogP contribution in [0.5, 0.6) is 0 Å². The fourth-order valence-electron chi connectivity index (χ4n) is 9.75. The minimum Gasteiger partial charge on any atom is -0.394 e. The van der Waals surface area contributed by atoms with Crippen LogP contribution in [0.2, 0.25) is 0 Å². The molecule has 1 aliphatic heterocycles. The number of ketones is 1. The van der Waals surface area contributed by atoms with E-state index in [0.717, 1.165) is 12.0 Å². The van der Waals surface area contributed by atoms with E-state index >= 15 is 0 Å². The highest BCUT2D eigenvalue weighted by atomic mass is 16.7. The first-order valence-electron chi connectivity index (χ1n) is 16.4. The second-order valence-electron chi connectivity index (χ2n) is 15.8. The van der Waals surface area contributed by atoms with Crippen molar-refractivity contribution in [1.29, 1.82) is 0 Å². The summed E-state index contributed by atoms with van der Waals surface area (Å²) < 4.78 is 11.6. The zero-order chi connectivity index (χ0) is 32.6. The van der Waals surface area contributed by atoms with Crippen molar-refractivity contribution >= 4 is 5.78 Å². The molecule has 44 heavy (non-hydrogen) atoms. The van der Waals surface area contributed by atoms with Crippen LogP contribution < -0.4 is 0 Å². The molecular weight excluding hydrogens is 572 g/mol. The van der Waals surface area contributed by atoms with Gasteiger partial charge in [-0.15, -0.1) is 0 Å². The normalized spacial score (nSPS) is 48.1. The molecule has 1 saturated heterocycles. The zero-order valence-corrected chi connectivity index (χ0v) is 26.7. The summed E-state index contributed by atoms with van der Waals surface area (Å²) in [6.07, 6.45) is -2.51. The van der Waals surface area contributed by atoms with Gasteiger partial charge in [0.1, 0.15) is 24.4 Å². The molecule has 4 fully saturated rings. The number of aliphatic hydroxyl groups is 8. The van der Waals surface area contributed by atoms with Crippen molar-refractivity contribution in [3.63, 3.8) is 0 Å². The van der Waals surface area contributed by atoms with E-state index in [1.165, 1.54) is 0 Å². The van der Waals surface area contributed by atoms with Crippen molar-refractivity contribution in [3.05, 3.63) is 11.6 Å². The first-order valence-corrected chi connectivity index (χ1v) is 16.4. The van der Waals surface area contributed by atoms with Crippen LogP contribution in [-0.4, -0.2) is 113 Å². The quantitative estimate of drug-likeness (QED) is 0.189. The van der Waals surface area contributed by atoms with Crippen molar-refractivity contribution in [1.82, 2.24) is 0 Å². The van der Waals surface area contributed by atoms with E-state index in [-0.39, 0.29) is 18.1 Å². The first kappa shape index (κ1) is 34.3. The van der Waals surface area contributed by atoms with Gasteiger partial charge < -0.3 is 50.3 Å². The van der Waals surface area contributed by atoms with Crippen molar-refractivity contribution in [3.8, 4) is 0 Å². The van der Waals surface area contributed by atoms with Gasteiger partial charge in [0.25, 0.3) is 0 Å². The van der Waals surface area contributed by atoms with E-state index < -0.39 is 89.0 Å². The lowest BCUT2D eigenvalue weighted by atomic mass is 9.46. The standard InChI is InChI=1S/C33H54O11/c1-29(2,40)10-9-24(36)32(5,41)23-8-13-33(42)19-15-21(35)20-14-17(6-11-30(20,3)18(19)7-12-31(23,33)4)43-28-27(39)26(38)25(37)22(16-34)44-28/h15,17-18,20,22-28,34,36-42H,6-14,16H2,1-5H3/t17-,18?,20?,22+,23-,24+,25+,26-,27+,28?,30+,31+,32+,33+/m0/s1.